The first-order valence-corrected chi connectivity index (χ1v) is 8.25. The zero-order chi connectivity index (χ0) is 15.6. The molecule has 116 valence electrons. The van der Waals surface area contributed by atoms with Crippen molar-refractivity contribution >= 4 is 27.5 Å². The minimum atomic E-state index is 0.0167. The highest BCUT2D eigenvalue weighted by Gasteiger charge is 2.27. The van der Waals surface area contributed by atoms with Crippen molar-refractivity contribution in [2.24, 2.45) is 0 Å². The molecule has 0 radical (unpaired) electrons. The van der Waals surface area contributed by atoms with Gasteiger partial charge in [0.1, 0.15) is 0 Å². The molecule has 0 aliphatic carbocycles. The molecule has 1 saturated heterocycles. The minimum absolute atomic E-state index is 0.0167. The van der Waals surface area contributed by atoms with Crippen molar-refractivity contribution in [2.45, 2.75) is 38.8 Å². The topological polar surface area (TPSA) is 49.6 Å². The Labute approximate surface area is 135 Å². The van der Waals surface area contributed by atoms with Crippen LogP contribution in [0.15, 0.2) is 22.7 Å². The van der Waals surface area contributed by atoms with Crippen LogP contribution in [0.3, 0.4) is 0 Å². The Balaban J connectivity index is 2.03. The number of likely N-dealkylation sites (tertiary alicyclic amines) is 1. The van der Waals surface area contributed by atoms with E-state index in [0.717, 1.165) is 30.4 Å². The van der Waals surface area contributed by atoms with E-state index in [2.05, 4.69) is 34.7 Å². The zero-order valence-corrected chi connectivity index (χ0v) is 14.6. The number of hydrogen-bond acceptors (Lipinski definition) is 3. The molecule has 1 heterocycles. The Morgan fingerprint density at radius 3 is 2.52 bits per heavy atom. The van der Waals surface area contributed by atoms with Gasteiger partial charge in [0.15, 0.2) is 0 Å². The van der Waals surface area contributed by atoms with Crippen LogP contribution in [0.25, 0.3) is 0 Å². The Kier molecular flexibility index (Phi) is 5.27. The van der Waals surface area contributed by atoms with Gasteiger partial charge in [-0.05, 0) is 44.9 Å². The SMILES string of the molecule is CC(C)N1CCC(N(C)C(=O)c2ccc(Br)cc2N)CC1. The lowest BCUT2D eigenvalue weighted by Gasteiger charge is -2.38. The molecule has 0 atom stereocenters. The molecule has 0 bridgehead atoms. The lowest BCUT2D eigenvalue weighted by Crippen LogP contribution is -2.47. The average molecular weight is 354 g/mol. The number of amides is 1. The fraction of sp³-hybridized carbons (Fsp3) is 0.562. The van der Waals surface area contributed by atoms with Crippen LogP contribution in [0.1, 0.15) is 37.0 Å². The Bertz CT molecular complexity index is 510. The predicted molar refractivity (Wildman–Crippen MR) is 90.4 cm³/mol. The molecule has 2 N–H and O–H groups in total. The number of hydrogen-bond donors (Lipinski definition) is 1. The van der Waals surface area contributed by atoms with Crippen LogP contribution in [0, 0.1) is 0 Å². The first-order valence-electron chi connectivity index (χ1n) is 7.46. The summed E-state index contributed by atoms with van der Waals surface area (Å²) in [6.07, 6.45) is 2.05. The van der Waals surface area contributed by atoms with Gasteiger partial charge in [-0.3, -0.25) is 4.79 Å². The van der Waals surface area contributed by atoms with Crippen LogP contribution in [0.5, 0.6) is 0 Å². The van der Waals surface area contributed by atoms with Crippen molar-refractivity contribution in [2.75, 3.05) is 25.9 Å². The van der Waals surface area contributed by atoms with E-state index >= 15 is 0 Å². The third kappa shape index (κ3) is 3.77. The van der Waals surface area contributed by atoms with Crippen LogP contribution in [0.2, 0.25) is 0 Å². The largest absolute Gasteiger partial charge is 0.398 e. The summed E-state index contributed by atoms with van der Waals surface area (Å²) in [5.74, 6) is 0.0167. The monoisotopic (exact) mass is 353 g/mol. The summed E-state index contributed by atoms with van der Waals surface area (Å²) in [6.45, 7) is 6.54. The maximum Gasteiger partial charge on any atom is 0.255 e. The highest BCUT2D eigenvalue weighted by atomic mass is 79.9. The quantitative estimate of drug-likeness (QED) is 0.849. The highest BCUT2D eigenvalue weighted by Crippen LogP contribution is 2.23. The van der Waals surface area contributed by atoms with E-state index in [9.17, 15) is 4.79 Å². The lowest BCUT2D eigenvalue weighted by atomic mass is 10.0. The number of nitrogens with zero attached hydrogens (tertiary/aromatic N) is 2. The summed E-state index contributed by atoms with van der Waals surface area (Å²) in [4.78, 5) is 16.9. The molecule has 0 saturated carbocycles. The normalized spacial score (nSPS) is 17.2. The molecule has 1 amide bonds. The van der Waals surface area contributed by atoms with Gasteiger partial charge in [-0.2, -0.15) is 0 Å². The van der Waals surface area contributed by atoms with Gasteiger partial charge >= 0.3 is 0 Å². The molecule has 0 spiro atoms. The highest BCUT2D eigenvalue weighted by molar-refractivity contribution is 9.10. The molecule has 1 aliphatic heterocycles. The lowest BCUT2D eigenvalue weighted by molar-refractivity contribution is 0.0616. The van der Waals surface area contributed by atoms with Crippen LogP contribution in [-0.4, -0.2) is 47.9 Å². The number of halogens is 1. The van der Waals surface area contributed by atoms with Gasteiger partial charge < -0.3 is 15.5 Å². The molecule has 1 aliphatic rings. The number of piperidine rings is 1. The Hall–Kier alpha value is -1.07. The first kappa shape index (κ1) is 16.3. The number of nitrogen functional groups attached to an aromatic ring is 1. The second-order valence-corrected chi connectivity index (χ2v) is 6.92. The number of carbonyl (C=O) groups excluding carboxylic acids is 1. The average Bonchev–Trinajstić information content (AvgIpc) is 2.46. The van der Waals surface area contributed by atoms with Crippen molar-refractivity contribution in [1.29, 1.82) is 0 Å². The molecule has 21 heavy (non-hydrogen) atoms. The van der Waals surface area contributed by atoms with Gasteiger partial charge in [-0.15, -0.1) is 0 Å². The van der Waals surface area contributed by atoms with E-state index in [0.29, 0.717) is 23.3 Å². The number of benzene rings is 1. The first-order chi connectivity index (χ1) is 9.90. The minimum Gasteiger partial charge on any atom is -0.398 e. The van der Waals surface area contributed by atoms with Crippen molar-refractivity contribution in [3.8, 4) is 0 Å². The fourth-order valence-electron chi connectivity index (χ4n) is 2.87. The summed E-state index contributed by atoms with van der Waals surface area (Å²) in [6, 6.07) is 6.31. The molecule has 1 fully saturated rings. The van der Waals surface area contributed by atoms with E-state index in [-0.39, 0.29) is 5.91 Å². The van der Waals surface area contributed by atoms with E-state index < -0.39 is 0 Å². The second kappa shape index (κ2) is 6.79. The Morgan fingerprint density at radius 2 is 2.00 bits per heavy atom. The predicted octanol–water partition coefficient (Wildman–Crippen LogP) is 2.98. The molecule has 4 nitrogen and oxygen atoms in total. The van der Waals surface area contributed by atoms with E-state index in [1.165, 1.54) is 0 Å². The van der Waals surface area contributed by atoms with Gasteiger partial charge in [0.2, 0.25) is 0 Å². The van der Waals surface area contributed by atoms with Crippen LogP contribution < -0.4 is 5.73 Å². The van der Waals surface area contributed by atoms with Crippen LogP contribution in [0.4, 0.5) is 5.69 Å². The molecular formula is C16H24BrN3O. The number of anilines is 1. The summed E-state index contributed by atoms with van der Waals surface area (Å²) >= 11 is 3.37. The molecule has 2 rings (SSSR count). The molecule has 1 aromatic rings. The van der Waals surface area contributed by atoms with Crippen molar-refractivity contribution < 1.29 is 4.79 Å². The molecular weight excluding hydrogens is 330 g/mol. The van der Waals surface area contributed by atoms with E-state index in [1.807, 2.05) is 18.0 Å². The summed E-state index contributed by atoms with van der Waals surface area (Å²) in [5, 5.41) is 0. The Morgan fingerprint density at radius 1 is 1.38 bits per heavy atom. The second-order valence-electron chi connectivity index (χ2n) is 6.01. The number of nitrogens with two attached hydrogens (primary N) is 1. The van der Waals surface area contributed by atoms with Gasteiger partial charge in [0.05, 0.1) is 5.56 Å². The molecule has 1 aromatic carbocycles. The fourth-order valence-corrected chi connectivity index (χ4v) is 3.25. The molecule has 0 aromatic heterocycles. The maximum atomic E-state index is 12.6. The number of carbonyl (C=O) groups is 1. The van der Waals surface area contributed by atoms with Crippen LogP contribution in [-0.2, 0) is 0 Å². The summed E-state index contributed by atoms with van der Waals surface area (Å²) < 4.78 is 0.893. The third-order valence-corrected chi connectivity index (χ3v) is 4.83. The van der Waals surface area contributed by atoms with Crippen LogP contribution >= 0.6 is 15.9 Å². The van der Waals surface area contributed by atoms with Crippen molar-refractivity contribution in [3.05, 3.63) is 28.2 Å². The smallest absolute Gasteiger partial charge is 0.255 e. The summed E-state index contributed by atoms with van der Waals surface area (Å²) in [5.41, 5.74) is 7.08. The zero-order valence-electron chi connectivity index (χ0n) is 13.0. The molecule has 0 unspecified atom stereocenters. The number of rotatable bonds is 3. The van der Waals surface area contributed by atoms with Gasteiger partial charge in [0.25, 0.3) is 5.91 Å². The third-order valence-electron chi connectivity index (χ3n) is 4.34. The standard InChI is InChI=1S/C16H24BrN3O/c1-11(2)20-8-6-13(7-9-20)19(3)16(21)14-5-4-12(17)10-15(14)18/h4-5,10-11,13H,6-9,18H2,1-3H3. The van der Waals surface area contributed by atoms with E-state index in [4.69, 9.17) is 5.73 Å². The van der Waals surface area contributed by atoms with E-state index in [1.54, 1.807) is 12.1 Å². The van der Waals surface area contributed by atoms with Gasteiger partial charge in [0, 0.05) is 42.4 Å². The van der Waals surface area contributed by atoms with Crippen molar-refractivity contribution in [1.82, 2.24) is 9.80 Å². The van der Waals surface area contributed by atoms with Gasteiger partial charge in [-0.25, -0.2) is 0 Å². The maximum absolute atomic E-state index is 12.6. The molecule has 5 heteroatoms. The van der Waals surface area contributed by atoms with Crippen molar-refractivity contribution in [3.63, 3.8) is 0 Å². The summed E-state index contributed by atoms with van der Waals surface area (Å²) in [7, 11) is 1.89. The van der Waals surface area contributed by atoms with Gasteiger partial charge in [-0.1, -0.05) is 15.9 Å².